The van der Waals surface area contributed by atoms with Gasteiger partial charge in [-0.2, -0.15) is 0 Å². The van der Waals surface area contributed by atoms with Gasteiger partial charge in [-0.05, 0) is 43.6 Å². The number of anilines is 1. The van der Waals surface area contributed by atoms with Crippen LogP contribution in [0.5, 0.6) is 5.88 Å². The van der Waals surface area contributed by atoms with Gasteiger partial charge in [0, 0.05) is 44.5 Å². The second-order valence-electron chi connectivity index (χ2n) is 8.70. The summed E-state index contributed by atoms with van der Waals surface area (Å²) in [6.45, 7) is 5.66. The number of nitrogens with zero attached hydrogens (tertiary/aromatic N) is 6. The number of piperidine rings is 2. The SMILES string of the molecule is CCc1cnc(N2CCC(COc3cnc(C4CCN(S(C)(=O)=O)CC4)cn3)CC2)nc1. The third-order valence-electron chi connectivity index (χ3n) is 6.45. The van der Waals surface area contributed by atoms with Crippen molar-refractivity contribution in [1.29, 1.82) is 0 Å². The molecule has 0 aromatic carbocycles. The van der Waals surface area contributed by atoms with Crippen molar-refractivity contribution >= 4 is 16.0 Å². The Morgan fingerprint density at radius 3 is 2.19 bits per heavy atom. The van der Waals surface area contributed by atoms with E-state index in [1.807, 2.05) is 12.4 Å². The molecule has 0 N–H and O–H groups in total. The van der Waals surface area contributed by atoms with E-state index in [4.69, 9.17) is 4.74 Å². The summed E-state index contributed by atoms with van der Waals surface area (Å²) in [5, 5.41) is 0. The van der Waals surface area contributed by atoms with Gasteiger partial charge < -0.3 is 9.64 Å². The zero-order valence-corrected chi connectivity index (χ0v) is 19.7. The summed E-state index contributed by atoms with van der Waals surface area (Å²) in [5.41, 5.74) is 2.07. The summed E-state index contributed by atoms with van der Waals surface area (Å²) < 4.78 is 30.8. The Hall–Kier alpha value is -2.33. The fourth-order valence-electron chi connectivity index (χ4n) is 4.29. The molecule has 2 aromatic rings. The summed E-state index contributed by atoms with van der Waals surface area (Å²) in [5.74, 6) is 2.07. The molecule has 9 nitrogen and oxygen atoms in total. The monoisotopic (exact) mass is 460 g/mol. The highest BCUT2D eigenvalue weighted by molar-refractivity contribution is 7.88. The Balaban J connectivity index is 1.21. The van der Waals surface area contributed by atoms with Gasteiger partial charge in [0.2, 0.25) is 21.9 Å². The fraction of sp³-hybridized carbons (Fsp3) is 0.636. The molecule has 32 heavy (non-hydrogen) atoms. The molecule has 2 aromatic heterocycles. The molecule has 0 spiro atoms. The molecule has 2 saturated heterocycles. The first-order chi connectivity index (χ1) is 15.4. The van der Waals surface area contributed by atoms with Crippen molar-refractivity contribution in [3.05, 3.63) is 36.0 Å². The van der Waals surface area contributed by atoms with Gasteiger partial charge in [-0.3, -0.25) is 4.98 Å². The number of aromatic nitrogens is 4. The van der Waals surface area contributed by atoms with E-state index in [9.17, 15) is 8.42 Å². The molecule has 0 atom stereocenters. The molecule has 174 valence electrons. The van der Waals surface area contributed by atoms with Gasteiger partial charge in [-0.1, -0.05) is 6.92 Å². The van der Waals surface area contributed by atoms with Gasteiger partial charge in [0.1, 0.15) is 0 Å². The Labute approximate surface area is 190 Å². The van der Waals surface area contributed by atoms with Crippen LogP contribution in [0.25, 0.3) is 0 Å². The molecule has 0 aliphatic carbocycles. The fourth-order valence-corrected chi connectivity index (χ4v) is 5.17. The highest BCUT2D eigenvalue weighted by Crippen LogP contribution is 2.28. The van der Waals surface area contributed by atoms with Crippen molar-refractivity contribution < 1.29 is 13.2 Å². The van der Waals surface area contributed by atoms with Crippen LogP contribution in [-0.2, 0) is 16.4 Å². The van der Waals surface area contributed by atoms with E-state index in [1.54, 1.807) is 12.4 Å². The lowest BCUT2D eigenvalue weighted by Gasteiger charge is -2.31. The van der Waals surface area contributed by atoms with E-state index in [-0.39, 0.29) is 5.92 Å². The predicted molar refractivity (Wildman–Crippen MR) is 122 cm³/mol. The van der Waals surface area contributed by atoms with Crippen LogP contribution in [0.15, 0.2) is 24.8 Å². The largest absolute Gasteiger partial charge is 0.476 e. The van der Waals surface area contributed by atoms with Crippen LogP contribution in [0.3, 0.4) is 0 Å². The zero-order valence-electron chi connectivity index (χ0n) is 18.9. The summed E-state index contributed by atoms with van der Waals surface area (Å²) >= 11 is 0. The molecule has 2 aliphatic rings. The molecule has 0 amide bonds. The Morgan fingerprint density at radius 2 is 1.62 bits per heavy atom. The van der Waals surface area contributed by atoms with E-state index in [0.29, 0.717) is 31.5 Å². The topological polar surface area (TPSA) is 101 Å². The Bertz CT molecular complexity index is 968. The maximum absolute atomic E-state index is 11.7. The number of sulfonamides is 1. The lowest BCUT2D eigenvalue weighted by atomic mass is 9.95. The van der Waals surface area contributed by atoms with Gasteiger partial charge in [-0.25, -0.2) is 27.7 Å². The normalized spacial score (nSPS) is 19.2. The second-order valence-corrected chi connectivity index (χ2v) is 10.7. The van der Waals surface area contributed by atoms with Gasteiger partial charge in [0.15, 0.2) is 0 Å². The molecule has 2 fully saturated rings. The highest BCUT2D eigenvalue weighted by atomic mass is 32.2. The predicted octanol–water partition coefficient (Wildman–Crippen LogP) is 2.26. The third-order valence-corrected chi connectivity index (χ3v) is 7.76. The van der Waals surface area contributed by atoms with Crippen LogP contribution in [0.4, 0.5) is 5.95 Å². The molecule has 0 radical (unpaired) electrons. The number of ether oxygens (including phenoxy) is 1. The van der Waals surface area contributed by atoms with Crippen LogP contribution in [-0.4, -0.2) is 71.7 Å². The Kier molecular flexibility index (Phi) is 7.20. The van der Waals surface area contributed by atoms with Crippen molar-refractivity contribution in [2.24, 2.45) is 5.92 Å². The van der Waals surface area contributed by atoms with Crippen LogP contribution >= 0.6 is 0 Å². The minimum absolute atomic E-state index is 0.243. The second kappa shape index (κ2) is 10.1. The summed E-state index contributed by atoms with van der Waals surface area (Å²) in [7, 11) is -3.11. The molecule has 2 aliphatic heterocycles. The molecule has 0 bridgehead atoms. The van der Waals surface area contributed by atoms with E-state index in [1.165, 1.54) is 10.6 Å². The molecule has 4 heterocycles. The van der Waals surface area contributed by atoms with E-state index in [0.717, 1.165) is 62.4 Å². The highest BCUT2D eigenvalue weighted by Gasteiger charge is 2.27. The third kappa shape index (κ3) is 5.72. The van der Waals surface area contributed by atoms with Crippen molar-refractivity contribution in [1.82, 2.24) is 24.2 Å². The standard InChI is InChI=1S/C22H32N6O3S/c1-3-17-12-25-22(26-13-17)27-8-4-18(5-9-27)16-31-21-15-23-20(14-24-21)19-6-10-28(11-7-19)32(2,29)30/h12-15,18-19H,3-11,16H2,1-2H3. The lowest BCUT2D eigenvalue weighted by Crippen LogP contribution is -2.37. The number of hydrogen-bond acceptors (Lipinski definition) is 8. The van der Waals surface area contributed by atoms with Gasteiger partial charge in [0.25, 0.3) is 0 Å². The molecular formula is C22H32N6O3S. The van der Waals surface area contributed by atoms with Gasteiger partial charge in [0.05, 0.1) is 31.0 Å². The zero-order chi connectivity index (χ0) is 22.6. The minimum atomic E-state index is -3.11. The first kappa shape index (κ1) is 22.8. The molecule has 4 rings (SSSR count). The molecular weight excluding hydrogens is 428 g/mol. The number of aryl methyl sites for hydroxylation is 1. The molecule has 0 unspecified atom stereocenters. The number of rotatable bonds is 7. The quantitative estimate of drug-likeness (QED) is 0.620. The minimum Gasteiger partial charge on any atom is -0.476 e. The maximum Gasteiger partial charge on any atom is 0.232 e. The van der Waals surface area contributed by atoms with Gasteiger partial charge >= 0.3 is 0 Å². The van der Waals surface area contributed by atoms with Crippen molar-refractivity contribution in [2.45, 2.75) is 44.9 Å². The average molecular weight is 461 g/mol. The first-order valence-corrected chi connectivity index (χ1v) is 13.2. The van der Waals surface area contributed by atoms with Gasteiger partial charge in [-0.15, -0.1) is 0 Å². The number of hydrogen-bond donors (Lipinski definition) is 0. The van der Waals surface area contributed by atoms with Crippen LogP contribution in [0.2, 0.25) is 0 Å². The van der Waals surface area contributed by atoms with E-state index in [2.05, 4.69) is 31.8 Å². The summed E-state index contributed by atoms with van der Waals surface area (Å²) in [6, 6.07) is 0. The van der Waals surface area contributed by atoms with Crippen LogP contribution in [0.1, 0.15) is 49.8 Å². The maximum atomic E-state index is 11.7. The van der Waals surface area contributed by atoms with Crippen molar-refractivity contribution in [3.8, 4) is 5.88 Å². The van der Waals surface area contributed by atoms with Crippen molar-refractivity contribution in [2.75, 3.05) is 43.9 Å². The molecule has 0 saturated carbocycles. The van der Waals surface area contributed by atoms with E-state index >= 15 is 0 Å². The smallest absolute Gasteiger partial charge is 0.232 e. The van der Waals surface area contributed by atoms with Crippen LogP contribution < -0.4 is 9.64 Å². The van der Waals surface area contributed by atoms with E-state index < -0.39 is 10.0 Å². The molecule has 10 heteroatoms. The van der Waals surface area contributed by atoms with Crippen molar-refractivity contribution in [3.63, 3.8) is 0 Å². The van der Waals surface area contributed by atoms with Crippen LogP contribution in [0, 0.1) is 5.92 Å². The summed E-state index contributed by atoms with van der Waals surface area (Å²) in [4.78, 5) is 20.2. The lowest BCUT2D eigenvalue weighted by molar-refractivity contribution is 0.214. The average Bonchev–Trinajstić information content (AvgIpc) is 2.83. The Morgan fingerprint density at radius 1 is 0.938 bits per heavy atom. The summed E-state index contributed by atoms with van der Waals surface area (Å²) in [6.07, 6.45) is 13.1. The first-order valence-electron chi connectivity index (χ1n) is 11.4.